The Labute approximate surface area is 66.3 Å². The molecule has 1 saturated heterocycles. The molecule has 0 spiro atoms. The SMILES string of the molecule is O=S1(=O)CC(CC2(O)CC2)C1. The van der Waals surface area contributed by atoms with E-state index in [1.807, 2.05) is 0 Å². The van der Waals surface area contributed by atoms with Crippen molar-refractivity contribution in [2.75, 3.05) is 11.5 Å². The molecule has 0 unspecified atom stereocenters. The van der Waals surface area contributed by atoms with Crippen molar-refractivity contribution in [1.29, 1.82) is 0 Å². The van der Waals surface area contributed by atoms with E-state index in [9.17, 15) is 13.5 Å². The molecule has 64 valence electrons. The third-order valence-corrected chi connectivity index (χ3v) is 4.43. The van der Waals surface area contributed by atoms with E-state index in [-0.39, 0.29) is 5.92 Å². The molecule has 3 nitrogen and oxygen atoms in total. The molecule has 1 aliphatic carbocycles. The first-order chi connectivity index (χ1) is 4.99. The first-order valence-corrected chi connectivity index (χ1v) is 5.74. The van der Waals surface area contributed by atoms with Gasteiger partial charge in [-0.2, -0.15) is 0 Å². The van der Waals surface area contributed by atoms with Gasteiger partial charge in [-0.1, -0.05) is 0 Å². The minimum atomic E-state index is -2.69. The Balaban J connectivity index is 1.84. The fourth-order valence-electron chi connectivity index (χ4n) is 1.67. The second kappa shape index (κ2) is 1.98. The maximum atomic E-state index is 10.7. The lowest BCUT2D eigenvalue weighted by Crippen LogP contribution is -2.38. The van der Waals surface area contributed by atoms with Crippen molar-refractivity contribution in [2.45, 2.75) is 24.9 Å². The zero-order chi connectivity index (χ0) is 8.11. The lowest BCUT2D eigenvalue weighted by atomic mass is 10.0. The van der Waals surface area contributed by atoms with Crippen molar-refractivity contribution in [3.63, 3.8) is 0 Å². The fourth-order valence-corrected chi connectivity index (χ4v) is 3.25. The molecule has 4 heteroatoms. The molecule has 2 aliphatic rings. The first-order valence-electron chi connectivity index (χ1n) is 3.92. The van der Waals surface area contributed by atoms with E-state index in [0.717, 1.165) is 12.8 Å². The molecule has 2 rings (SSSR count). The quantitative estimate of drug-likeness (QED) is 0.641. The van der Waals surface area contributed by atoms with Crippen LogP contribution in [0.5, 0.6) is 0 Å². The molecular formula is C7H12O3S. The zero-order valence-corrected chi connectivity index (χ0v) is 7.10. The smallest absolute Gasteiger partial charge is 0.150 e. The van der Waals surface area contributed by atoms with Crippen molar-refractivity contribution < 1.29 is 13.5 Å². The average molecular weight is 176 g/mol. The van der Waals surface area contributed by atoms with Crippen LogP contribution in [0.15, 0.2) is 0 Å². The molecule has 2 fully saturated rings. The van der Waals surface area contributed by atoms with Crippen molar-refractivity contribution in [3.8, 4) is 0 Å². The summed E-state index contributed by atoms with van der Waals surface area (Å²) in [6, 6.07) is 0. The number of aliphatic hydroxyl groups is 1. The average Bonchev–Trinajstić information content (AvgIpc) is 2.42. The van der Waals surface area contributed by atoms with Crippen molar-refractivity contribution in [2.24, 2.45) is 5.92 Å². The van der Waals surface area contributed by atoms with Crippen LogP contribution >= 0.6 is 0 Å². The van der Waals surface area contributed by atoms with E-state index in [2.05, 4.69) is 0 Å². The van der Waals surface area contributed by atoms with Crippen molar-refractivity contribution >= 4 is 9.84 Å². The number of rotatable bonds is 2. The standard InChI is InChI=1S/C7H12O3S/c8-7(1-2-7)3-6-4-11(9,10)5-6/h6,8H,1-5H2. The van der Waals surface area contributed by atoms with Gasteiger partial charge < -0.3 is 5.11 Å². The van der Waals surface area contributed by atoms with E-state index < -0.39 is 15.4 Å². The van der Waals surface area contributed by atoms with Gasteiger partial charge in [-0.05, 0) is 25.2 Å². The molecule has 0 bridgehead atoms. The van der Waals surface area contributed by atoms with E-state index >= 15 is 0 Å². The summed E-state index contributed by atoms with van der Waals surface area (Å²) in [6.07, 6.45) is 2.43. The summed E-state index contributed by atoms with van der Waals surface area (Å²) < 4.78 is 21.4. The predicted octanol–water partition coefficient (Wildman–Crippen LogP) is -0.0540. The summed E-state index contributed by atoms with van der Waals surface area (Å²) in [5.41, 5.74) is -0.472. The van der Waals surface area contributed by atoms with Gasteiger partial charge >= 0.3 is 0 Å². The summed E-state index contributed by atoms with van der Waals surface area (Å²) in [5, 5.41) is 9.44. The Morgan fingerprint density at radius 1 is 1.36 bits per heavy atom. The lowest BCUT2D eigenvalue weighted by Gasteiger charge is -2.27. The number of hydrogen-bond donors (Lipinski definition) is 1. The maximum absolute atomic E-state index is 10.7. The Morgan fingerprint density at radius 2 is 1.91 bits per heavy atom. The lowest BCUT2D eigenvalue weighted by molar-refractivity contribution is 0.123. The van der Waals surface area contributed by atoms with Crippen LogP contribution in [0.1, 0.15) is 19.3 Å². The number of hydrogen-bond acceptors (Lipinski definition) is 3. The van der Waals surface area contributed by atoms with Gasteiger partial charge in [-0.3, -0.25) is 0 Å². The molecule has 0 aromatic carbocycles. The Bertz CT molecular complexity index is 251. The zero-order valence-electron chi connectivity index (χ0n) is 6.28. The summed E-state index contributed by atoms with van der Waals surface area (Å²) in [6.45, 7) is 0. The van der Waals surface area contributed by atoms with Crippen molar-refractivity contribution in [3.05, 3.63) is 0 Å². The topological polar surface area (TPSA) is 54.4 Å². The Morgan fingerprint density at radius 3 is 2.27 bits per heavy atom. The summed E-state index contributed by atoms with van der Waals surface area (Å²) in [7, 11) is -2.69. The highest BCUT2D eigenvalue weighted by molar-refractivity contribution is 7.92. The minimum Gasteiger partial charge on any atom is -0.390 e. The van der Waals surface area contributed by atoms with Crippen LogP contribution in [0, 0.1) is 5.92 Å². The van der Waals surface area contributed by atoms with Gasteiger partial charge in [0, 0.05) is 0 Å². The molecule has 0 atom stereocenters. The predicted molar refractivity (Wildman–Crippen MR) is 40.9 cm³/mol. The van der Waals surface area contributed by atoms with Crippen LogP contribution in [0.4, 0.5) is 0 Å². The van der Waals surface area contributed by atoms with Gasteiger partial charge in [-0.25, -0.2) is 8.42 Å². The summed E-state index contributed by atoms with van der Waals surface area (Å²) >= 11 is 0. The van der Waals surface area contributed by atoms with Crippen LogP contribution in [-0.4, -0.2) is 30.6 Å². The monoisotopic (exact) mass is 176 g/mol. The van der Waals surface area contributed by atoms with Crippen LogP contribution in [0.2, 0.25) is 0 Å². The molecule has 0 aromatic rings. The fraction of sp³-hybridized carbons (Fsp3) is 1.00. The van der Waals surface area contributed by atoms with E-state index in [1.165, 1.54) is 0 Å². The molecule has 0 aromatic heterocycles. The van der Waals surface area contributed by atoms with Gasteiger partial charge in [-0.15, -0.1) is 0 Å². The van der Waals surface area contributed by atoms with Crippen LogP contribution in [-0.2, 0) is 9.84 Å². The molecule has 1 saturated carbocycles. The molecule has 0 radical (unpaired) electrons. The van der Waals surface area contributed by atoms with Crippen LogP contribution in [0.25, 0.3) is 0 Å². The van der Waals surface area contributed by atoms with E-state index in [1.54, 1.807) is 0 Å². The van der Waals surface area contributed by atoms with Gasteiger partial charge in [0.15, 0.2) is 9.84 Å². The molecular weight excluding hydrogens is 164 g/mol. The highest BCUT2D eigenvalue weighted by Gasteiger charge is 2.46. The number of sulfone groups is 1. The second-order valence-corrected chi connectivity index (χ2v) is 6.03. The van der Waals surface area contributed by atoms with E-state index in [0.29, 0.717) is 17.9 Å². The molecule has 0 amide bonds. The largest absolute Gasteiger partial charge is 0.390 e. The molecule has 11 heavy (non-hydrogen) atoms. The van der Waals surface area contributed by atoms with Crippen LogP contribution < -0.4 is 0 Å². The second-order valence-electron chi connectivity index (χ2n) is 3.87. The highest BCUT2D eigenvalue weighted by Crippen LogP contribution is 2.43. The highest BCUT2D eigenvalue weighted by atomic mass is 32.2. The third kappa shape index (κ3) is 1.56. The van der Waals surface area contributed by atoms with Crippen molar-refractivity contribution in [1.82, 2.24) is 0 Å². The van der Waals surface area contributed by atoms with Gasteiger partial charge in [0.05, 0.1) is 17.1 Å². The minimum absolute atomic E-state index is 0.243. The molecule has 1 heterocycles. The van der Waals surface area contributed by atoms with Gasteiger partial charge in [0.2, 0.25) is 0 Å². The van der Waals surface area contributed by atoms with Crippen LogP contribution in [0.3, 0.4) is 0 Å². The summed E-state index contributed by atoms with van der Waals surface area (Å²) in [5.74, 6) is 0.845. The maximum Gasteiger partial charge on any atom is 0.150 e. The molecule has 1 aliphatic heterocycles. The van der Waals surface area contributed by atoms with E-state index in [4.69, 9.17) is 0 Å². The summed E-state index contributed by atoms with van der Waals surface area (Å²) in [4.78, 5) is 0. The molecule has 1 N–H and O–H groups in total. The van der Waals surface area contributed by atoms with Gasteiger partial charge in [0.1, 0.15) is 0 Å². The third-order valence-electron chi connectivity index (χ3n) is 2.48. The Hall–Kier alpha value is -0.0900. The normalized spacial score (nSPS) is 32.8. The van der Waals surface area contributed by atoms with Gasteiger partial charge in [0.25, 0.3) is 0 Å². The first kappa shape index (κ1) is 7.55. The Kier molecular flexibility index (Phi) is 1.36.